The SMILES string of the molecule is CC(SC(=O)O)C(=O)O. The number of aliphatic carboxylic acids is 1. The molecule has 9 heavy (non-hydrogen) atoms. The Bertz CT molecular complexity index is 133. The van der Waals surface area contributed by atoms with Crippen LogP contribution in [0, 0.1) is 0 Å². The molecule has 0 aliphatic rings. The molecule has 0 saturated heterocycles. The zero-order valence-electron chi connectivity index (χ0n) is 4.70. The van der Waals surface area contributed by atoms with Gasteiger partial charge in [-0.1, -0.05) is 0 Å². The molecular formula is C4H6O4S. The molecule has 1 unspecified atom stereocenters. The van der Waals surface area contributed by atoms with Crippen LogP contribution in [0.4, 0.5) is 4.79 Å². The largest absolute Gasteiger partial charge is 0.480 e. The molecule has 52 valence electrons. The molecule has 0 fully saturated rings. The third-order valence-electron chi connectivity index (χ3n) is 0.625. The highest BCUT2D eigenvalue weighted by molar-refractivity contribution is 8.14. The minimum absolute atomic E-state index is 0.380. The standard InChI is InChI=1S/C4H6O4S/c1-2(3(5)6)9-4(7)8/h2H,1H3,(H,5,6)(H,7,8). The fraction of sp³-hybridized carbons (Fsp3) is 0.500. The van der Waals surface area contributed by atoms with Crippen LogP contribution in [0.1, 0.15) is 6.92 Å². The molecule has 0 rings (SSSR count). The van der Waals surface area contributed by atoms with E-state index in [-0.39, 0.29) is 0 Å². The molecule has 0 aliphatic carbocycles. The number of thioether (sulfide) groups is 1. The predicted octanol–water partition coefficient (Wildman–Crippen LogP) is 0.871. The fourth-order valence-electron chi connectivity index (χ4n) is 0.202. The molecule has 4 nitrogen and oxygen atoms in total. The molecule has 0 spiro atoms. The minimum atomic E-state index is -1.16. The van der Waals surface area contributed by atoms with Gasteiger partial charge in [0.15, 0.2) is 0 Å². The Hall–Kier alpha value is -0.710. The van der Waals surface area contributed by atoms with Crippen LogP contribution in [0.5, 0.6) is 0 Å². The van der Waals surface area contributed by atoms with E-state index in [4.69, 9.17) is 10.2 Å². The number of hydrogen-bond donors (Lipinski definition) is 2. The van der Waals surface area contributed by atoms with Gasteiger partial charge in [0.2, 0.25) is 0 Å². The van der Waals surface area contributed by atoms with E-state index in [0.717, 1.165) is 0 Å². The predicted molar refractivity (Wildman–Crippen MR) is 32.7 cm³/mol. The Kier molecular flexibility index (Phi) is 3.08. The summed E-state index contributed by atoms with van der Waals surface area (Å²) in [4.78, 5) is 19.8. The highest BCUT2D eigenvalue weighted by atomic mass is 32.2. The Morgan fingerprint density at radius 3 is 2.00 bits per heavy atom. The van der Waals surface area contributed by atoms with Crippen molar-refractivity contribution in [1.29, 1.82) is 0 Å². The highest BCUT2D eigenvalue weighted by Gasteiger charge is 2.14. The van der Waals surface area contributed by atoms with Crippen LogP contribution in [-0.2, 0) is 4.79 Å². The third-order valence-corrected chi connectivity index (χ3v) is 1.38. The summed E-state index contributed by atoms with van der Waals surface area (Å²) in [7, 11) is 0. The van der Waals surface area contributed by atoms with Gasteiger partial charge >= 0.3 is 11.3 Å². The lowest BCUT2D eigenvalue weighted by Gasteiger charge is -1.97. The van der Waals surface area contributed by atoms with Crippen LogP contribution in [0.3, 0.4) is 0 Å². The summed E-state index contributed by atoms with van der Waals surface area (Å²) >= 11 is 0.380. The van der Waals surface area contributed by atoms with Crippen molar-refractivity contribution in [3.8, 4) is 0 Å². The first-order valence-electron chi connectivity index (χ1n) is 2.16. The zero-order chi connectivity index (χ0) is 7.44. The summed E-state index contributed by atoms with van der Waals surface area (Å²) in [5, 5.41) is 14.1. The molecule has 0 aliphatic heterocycles. The fourth-order valence-corrected chi connectivity index (χ4v) is 0.605. The van der Waals surface area contributed by atoms with E-state index in [1.54, 1.807) is 0 Å². The van der Waals surface area contributed by atoms with Gasteiger partial charge in [-0.05, 0) is 18.7 Å². The van der Waals surface area contributed by atoms with Crippen LogP contribution >= 0.6 is 11.8 Å². The first kappa shape index (κ1) is 8.29. The van der Waals surface area contributed by atoms with Crippen molar-refractivity contribution in [1.82, 2.24) is 0 Å². The van der Waals surface area contributed by atoms with E-state index in [2.05, 4.69) is 0 Å². The molecule has 0 radical (unpaired) electrons. The minimum Gasteiger partial charge on any atom is -0.480 e. The maximum absolute atomic E-state index is 9.95. The van der Waals surface area contributed by atoms with Crippen molar-refractivity contribution in [3.63, 3.8) is 0 Å². The number of carboxylic acids is 1. The summed E-state index contributed by atoms with van der Waals surface area (Å²) in [6.07, 6.45) is 0. The zero-order valence-corrected chi connectivity index (χ0v) is 5.51. The number of hydrogen-bond acceptors (Lipinski definition) is 3. The first-order chi connectivity index (χ1) is 4.04. The second kappa shape index (κ2) is 3.34. The molecule has 0 heterocycles. The molecule has 1 atom stereocenters. The second-order valence-electron chi connectivity index (χ2n) is 1.36. The first-order valence-corrected chi connectivity index (χ1v) is 3.04. The van der Waals surface area contributed by atoms with Gasteiger partial charge in [0, 0.05) is 0 Å². The molecule has 0 aromatic carbocycles. The van der Waals surface area contributed by atoms with Crippen molar-refractivity contribution in [2.24, 2.45) is 0 Å². The molecule has 0 aromatic rings. The Morgan fingerprint density at radius 2 is 1.89 bits per heavy atom. The Balaban J connectivity index is 3.63. The van der Waals surface area contributed by atoms with Gasteiger partial charge < -0.3 is 10.2 Å². The highest BCUT2D eigenvalue weighted by Crippen LogP contribution is 2.09. The van der Waals surface area contributed by atoms with Crippen LogP contribution in [-0.4, -0.2) is 26.7 Å². The molecule has 5 heteroatoms. The summed E-state index contributed by atoms with van der Waals surface area (Å²) in [5.41, 5.74) is 0. The molecule has 0 saturated carbocycles. The molecule has 2 N–H and O–H groups in total. The van der Waals surface area contributed by atoms with Gasteiger partial charge in [-0.15, -0.1) is 0 Å². The number of carbonyl (C=O) groups is 2. The van der Waals surface area contributed by atoms with E-state index in [1.807, 2.05) is 0 Å². The maximum atomic E-state index is 9.95. The van der Waals surface area contributed by atoms with Crippen molar-refractivity contribution in [3.05, 3.63) is 0 Å². The smallest absolute Gasteiger partial charge is 0.365 e. The van der Waals surface area contributed by atoms with Crippen LogP contribution in [0.25, 0.3) is 0 Å². The molecule has 0 aromatic heterocycles. The van der Waals surface area contributed by atoms with Gasteiger partial charge in [0.1, 0.15) is 5.25 Å². The van der Waals surface area contributed by atoms with E-state index >= 15 is 0 Å². The van der Waals surface area contributed by atoms with E-state index in [1.165, 1.54) is 6.92 Å². The van der Waals surface area contributed by atoms with Crippen LogP contribution in [0.15, 0.2) is 0 Å². The van der Waals surface area contributed by atoms with Crippen LogP contribution in [0.2, 0.25) is 0 Å². The van der Waals surface area contributed by atoms with E-state index in [9.17, 15) is 9.59 Å². The van der Waals surface area contributed by atoms with Gasteiger partial charge in [0.05, 0.1) is 0 Å². The second-order valence-corrected chi connectivity index (χ2v) is 2.66. The van der Waals surface area contributed by atoms with Gasteiger partial charge in [-0.2, -0.15) is 0 Å². The molecule has 0 bridgehead atoms. The average Bonchev–Trinajstić information content (AvgIpc) is 1.63. The van der Waals surface area contributed by atoms with Crippen molar-refractivity contribution in [2.75, 3.05) is 0 Å². The van der Waals surface area contributed by atoms with Crippen LogP contribution < -0.4 is 0 Å². The lowest BCUT2D eigenvalue weighted by atomic mass is 10.5. The summed E-state index contributed by atoms with van der Waals surface area (Å²) in [5.74, 6) is -1.11. The van der Waals surface area contributed by atoms with Crippen molar-refractivity contribution < 1.29 is 19.8 Å². The summed E-state index contributed by atoms with van der Waals surface area (Å²) < 4.78 is 0. The lowest BCUT2D eigenvalue weighted by molar-refractivity contribution is -0.136. The topological polar surface area (TPSA) is 74.6 Å². The lowest BCUT2D eigenvalue weighted by Crippen LogP contribution is -2.13. The number of carboxylic acid groups (broad SMARTS) is 2. The molecular weight excluding hydrogens is 144 g/mol. The van der Waals surface area contributed by atoms with Gasteiger partial charge in [-0.3, -0.25) is 4.79 Å². The normalized spacial score (nSPS) is 12.6. The van der Waals surface area contributed by atoms with Crippen molar-refractivity contribution in [2.45, 2.75) is 12.2 Å². The summed E-state index contributed by atoms with van der Waals surface area (Å²) in [6.45, 7) is 1.32. The third kappa shape index (κ3) is 3.84. The number of rotatable bonds is 2. The van der Waals surface area contributed by atoms with Crippen molar-refractivity contribution >= 4 is 23.0 Å². The summed E-state index contributed by atoms with van der Waals surface area (Å²) in [6, 6.07) is 0. The molecule has 0 amide bonds. The quantitative estimate of drug-likeness (QED) is 0.610. The maximum Gasteiger partial charge on any atom is 0.365 e. The monoisotopic (exact) mass is 150 g/mol. The van der Waals surface area contributed by atoms with Gasteiger partial charge in [0.25, 0.3) is 0 Å². The van der Waals surface area contributed by atoms with E-state index in [0.29, 0.717) is 11.8 Å². The van der Waals surface area contributed by atoms with Gasteiger partial charge in [-0.25, -0.2) is 4.79 Å². The Labute approximate surface area is 55.9 Å². The average molecular weight is 150 g/mol. The van der Waals surface area contributed by atoms with E-state index < -0.39 is 16.5 Å². The Morgan fingerprint density at radius 1 is 1.44 bits per heavy atom.